The van der Waals surface area contributed by atoms with E-state index in [1.807, 2.05) is 63.5 Å². The highest BCUT2D eigenvalue weighted by Gasteiger charge is 2.41. The van der Waals surface area contributed by atoms with Crippen molar-refractivity contribution in [3.8, 4) is 11.4 Å². The molecule has 3 aromatic rings. The average molecular weight is 385 g/mol. The molecule has 5 nitrogen and oxygen atoms in total. The minimum atomic E-state index is -0.756. The van der Waals surface area contributed by atoms with Crippen molar-refractivity contribution in [2.75, 3.05) is 0 Å². The van der Waals surface area contributed by atoms with Gasteiger partial charge in [0, 0.05) is 16.6 Å². The molecule has 1 aromatic carbocycles. The van der Waals surface area contributed by atoms with E-state index in [9.17, 15) is 4.79 Å². The zero-order valence-corrected chi connectivity index (χ0v) is 16.7. The number of fused-ring (bicyclic) bond motifs is 5. The molecule has 0 N–H and O–H groups in total. The van der Waals surface area contributed by atoms with Gasteiger partial charge < -0.3 is 9.47 Å². The summed E-state index contributed by atoms with van der Waals surface area (Å²) in [6.45, 7) is 9.42. The highest BCUT2D eigenvalue weighted by molar-refractivity contribution is 6.30. The molecule has 2 aromatic heterocycles. The third kappa shape index (κ3) is 2.86. The molecule has 1 aliphatic heterocycles. The van der Waals surface area contributed by atoms with E-state index in [4.69, 9.17) is 21.1 Å². The Hall–Kier alpha value is -2.53. The van der Waals surface area contributed by atoms with Gasteiger partial charge in [-0.1, -0.05) is 11.6 Å². The Balaban J connectivity index is 2.10. The number of carbonyl (C=O) groups excluding carboxylic acids is 1. The summed E-state index contributed by atoms with van der Waals surface area (Å²) in [5, 5.41) is 1.31. The lowest BCUT2D eigenvalue weighted by Crippen LogP contribution is -2.35. The Morgan fingerprint density at radius 1 is 1.26 bits per heavy atom. The average Bonchev–Trinajstić information content (AvgIpc) is 2.91. The maximum Gasteiger partial charge on any atom is 0.341 e. The summed E-state index contributed by atoms with van der Waals surface area (Å²) in [6, 6.07) is 9.14. The van der Waals surface area contributed by atoms with Crippen molar-refractivity contribution < 1.29 is 14.3 Å². The number of benzene rings is 1. The second-order valence-corrected chi connectivity index (χ2v) is 8.60. The van der Waals surface area contributed by atoms with Crippen LogP contribution < -0.4 is 4.74 Å². The van der Waals surface area contributed by atoms with E-state index in [0.717, 1.165) is 11.1 Å². The first-order chi connectivity index (χ1) is 12.6. The summed E-state index contributed by atoms with van der Waals surface area (Å²) in [5.41, 5.74) is 1.25. The lowest BCUT2D eigenvalue weighted by molar-refractivity contribution is 0.00587. The van der Waals surface area contributed by atoms with Crippen LogP contribution in [0.4, 0.5) is 0 Å². The summed E-state index contributed by atoms with van der Waals surface area (Å²) in [4.78, 5) is 17.7. The van der Waals surface area contributed by atoms with Crippen molar-refractivity contribution in [1.82, 2.24) is 9.55 Å². The van der Waals surface area contributed by atoms with Gasteiger partial charge in [0.1, 0.15) is 22.6 Å². The summed E-state index contributed by atoms with van der Waals surface area (Å²) in [7, 11) is 0. The standard InChI is InChI=1S/C21H21ClN2O3/c1-20(2,3)27-19(25)16-13-7-6-10-23-18(13)24-14-11-12(22)8-9-15(14)26-21(4,5)17(16)24/h6-11H,1-5H3. The van der Waals surface area contributed by atoms with Crippen LogP contribution in [0.1, 0.15) is 50.7 Å². The van der Waals surface area contributed by atoms with Crippen LogP contribution in [-0.2, 0) is 10.3 Å². The Morgan fingerprint density at radius 3 is 2.70 bits per heavy atom. The van der Waals surface area contributed by atoms with Crippen molar-refractivity contribution in [3.63, 3.8) is 0 Å². The molecule has 0 saturated heterocycles. The van der Waals surface area contributed by atoms with Gasteiger partial charge in [0.25, 0.3) is 0 Å². The normalized spacial score (nSPS) is 15.0. The topological polar surface area (TPSA) is 53.4 Å². The molecule has 0 unspecified atom stereocenters. The number of hydrogen-bond donors (Lipinski definition) is 0. The van der Waals surface area contributed by atoms with Gasteiger partial charge in [0.05, 0.1) is 16.9 Å². The number of pyridine rings is 1. The van der Waals surface area contributed by atoms with Crippen molar-refractivity contribution in [3.05, 3.63) is 52.8 Å². The number of carbonyl (C=O) groups is 1. The van der Waals surface area contributed by atoms with Crippen LogP contribution in [-0.4, -0.2) is 21.1 Å². The number of esters is 1. The van der Waals surface area contributed by atoms with E-state index in [1.165, 1.54) is 0 Å². The highest BCUT2D eigenvalue weighted by atomic mass is 35.5. The number of hydrogen-bond acceptors (Lipinski definition) is 4. The van der Waals surface area contributed by atoms with Crippen LogP contribution in [0, 0.1) is 0 Å². The molecule has 4 rings (SSSR count). The summed E-state index contributed by atoms with van der Waals surface area (Å²) in [6.07, 6.45) is 1.71. The smallest absolute Gasteiger partial charge is 0.341 e. The SMILES string of the molecule is CC(C)(C)OC(=O)c1c2n(c3ncccc13)-c1cc(Cl)ccc1OC2(C)C. The fraction of sp³-hybridized carbons (Fsp3) is 0.333. The van der Waals surface area contributed by atoms with Crippen LogP contribution in [0.2, 0.25) is 5.02 Å². The van der Waals surface area contributed by atoms with Crippen molar-refractivity contribution in [1.29, 1.82) is 0 Å². The molecule has 0 aliphatic carbocycles. The van der Waals surface area contributed by atoms with Gasteiger partial charge in [0.2, 0.25) is 0 Å². The molecule has 0 amide bonds. The summed E-state index contributed by atoms with van der Waals surface area (Å²) < 4.78 is 13.9. The third-order valence-corrected chi connectivity index (χ3v) is 4.66. The molecular formula is C21H21ClN2O3. The molecule has 140 valence electrons. The second-order valence-electron chi connectivity index (χ2n) is 8.16. The predicted octanol–water partition coefficient (Wildman–Crippen LogP) is 5.26. The second kappa shape index (κ2) is 5.73. The van der Waals surface area contributed by atoms with Gasteiger partial charge in [-0.25, -0.2) is 9.78 Å². The molecule has 0 saturated carbocycles. The quantitative estimate of drug-likeness (QED) is 0.537. The zero-order valence-electron chi connectivity index (χ0n) is 16.0. The van der Waals surface area contributed by atoms with Crippen molar-refractivity contribution >= 4 is 28.6 Å². The predicted molar refractivity (Wildman–Crippen MR) is 105 cm³/mol. The lowest BCUT2D eigenvalue weighted by atomic mass is 9.97. The Morgan fingerprint density at radius 2 is 2.00 bits per heavy atom. The van der Waals surface area contributed by atoms with Crippen LogP contribution in [0.25, 0.3) is 16.7 Å². The van der Waals surface area contributed by atoms with Gasteiger partial charge in [-0.2, -0.15) is 0 Å². The Labute approximate surface area is 162 Å². The molecule has 1 aliphatic rings. The van der Waals surface area contributed by atoms with Crippen molar-refractivity contribution in [2.45, 2.75) is 45.8 Å². The zero-order chi connectivity index (χ0) is 19.6. The van der Waals surface area contributed by atoms with E-state index >= 15 is 0 Å². The third-order valence-electron chi connectivity index (χ3n) is 4.43. The number of ether oxygens (including phenoxy) is 2. The minimum Gasteiger partial charge on any atom is -0.479 e. The molecule has 27 heavy (non-hydrogen) atoms. The van der Waals surface area contributed by atoms with Gasteiger partial charge in [-0.05, 0) is 65.0 Å². The van der Waals surface area contributed by atoms with Crippen LogP contribution in [0.5, 0.6) is 5.75 Å². The first-order valence-electron chi connectivity index (χ1n) is 8.81. The van der Waals surface area contributed by atoms with E-state index < -0.39 is 17.2 Å². The monoisotopic (exact) mass is 384 g/mol. The summed E-state index contributed by atoms with van der Waals surface area (Å²) >= 11 is 6.24. The maximum atomic E-state index is 13.1. The first-order valence-corrected chi connectivity index (χ1v) is 9.18. The van der Waals surface area contributed by atoms with Gasteiger partial charge >= 0.3 is 5.97 Å². The molecule has 3 heterocycles. The highest BCUT2D eigenvalue weighted by Crippen LogP contribution is 2.45. The van der Waals surface area contributed by atoms with E-state index in [0.29, 0.717) is 27.7 Å². The van der Waals surface area contributed by atoms with E-state index in [1.54, 1.807) is 12.3 Å². The number of nitrogens with zero attached hydrogens (tertiary/aromatic N) is 2. The van der Waals surface area contributed by atoms with Gasteiger partial charge in [-0.3, -0.25) is 4.57 Å². The Kier molecular flexibility index (Phi) is 3.79. The summed E-state index contributed by atoms with van der Waals surface area (Å²) in [5.74, 6) is 0.298. The van der Waals surface area contributed by atoms with E-state index in [2.05, 4.69) is 4.98 Å². The number of aromatic nitrogens is 2. The maximum absolute atomic E-state index is 13.1. The Bertz CT molecular complexity index is 1080. The van der Waals surface area contributed by atoms with Crippen LogP contribution in [0.15, 0.2) is 36.5 Å². The molecule has 0 spiro atoms. The molecule has 0 atom stereocenters. The van der Waals surface area contributed by atoms with E-state index in [-0.39, 0.29) is 0 Å². The fourth-order valence-electron chi connectivity index (χ4n) is 3.53. The van der Waals surface area contributed by atoms with Crippen LogP contribution in [0.3, 0.4) is 0 Å². The first kappa shape index (κ1) is 17.9. The molecule has 0 fully saturated rings. The minimum absolute atomic E-state index is 0.392. The van der Waals surface area contributed by atoms with Gasteiger partial charge in [0.15, 0.2) is 0 Å². The van der Waals surface area contributed by atoms with Gasteiger partial charge in [-0.15, -0.1) is 0 Å². The molecule has 0 bridgehead atoms. The molecule has 6 heteroatoms. The lowest BCUT2D eigenvalue weighted by Gasteiger charge is -2.35. The fourth-order valence-corrected chi connectivity index (χ4v) is 3.70. The largest absolute Gasteiger partial charge is 0.479 e. The molecule has 0 radical (unpaired) electrons. The van der Waals surface area contributed by atoms with Crippen molar-refractivity contribution in [2.24, 2.45) is 0 Å². The molecular weight excluding hydrogens is 364 g/mol. The number of rotatable bonds is 1. The van der Waals surface area contributed by atoms with Crippen LogP contribution >= 0.6 is 11.6 Å². The number of halogens is 1.